The van der Waals surface area contributed by atoms with Gasteiger partial charge in [0.05, 0.1) is 22.9 Å². The summed E-state index contributed by atoms with van der Waals surface area (Å²) in [5.74, 6) is 0.0709. The van der Waals surface area contributed by atoms with E-state index in [2.05, 4.69) is 22.9 Å². The minimum Gasteiger partial charge on any atom is -0.337 e. The minimum atomic E-state index is -0.862. The van der Waals surface area contributed by atoms with Crippen LogP contribution < -0.4 is 5.32 Å². The lowest BCUT2D eigenvalue weighted by Gasteiger charge is -2.27. The van der Waals surface area contributed by atoms with Crippen LogP contribution in [0.1, 0.15) is 20.8 Å². The number of thioether (sulfide) groups is 1. The third-order valence-corrected chi connectivity index (χ3v) is 5.03. The maximum absolute atomic E-state index is 12.2. The summed E-state index contributed by atoms with van der Waals surface area (Å²) in [5.41, 5.74) is 1.05. The molecule has 5 nitrogen and oxygen atoms in total. The predicted octanol–water partition coefficient (Wildman–Crippen LogP) is 3.37. The van der Waals surface area contributed by atoms with Gasteiger partial charge in [-0.05, 0) is 25.0 Å². The number of nitrogens with zero attached hydrogens (tertiary/aromatic N) is 3. The van der Waals surface area contributed by atoms with Crippen LogP contribution in [0.4, 0.5) is 0 Å². The van der Waals surface area contributed by atoms with E-state index in [1.165, 1.54) is 11.8 Å². The topological polar surface area (TPSA) is 70.7 Å². The smallest absolute Gasteiger partial charge is 0.231 e. The maximum atomic E-state index is 12.2. The van der Waals surface area contributed by atoms with Crippen LogP contribution in [0.2, 0.25) is 0 Å². The number of hydrogen-bond donors (Lipinski definition) is 1. The molecule has 1 aromatic carbocycles. The summed E-state index contributed by atoms with van der Waals surface area (Å²) >= 11 is 1.37. The van der Waals surface area contributed by atoms with Crippen molar-refractivity contribution in [3.05, 3.63) is 36.9 Å². The highest BCUT2D eigenvalue weighted by Gasteiger charge is 2.30. The number of imidazole rings is 1. The van der Waals surface area contributed by atoms with E-state index in [0.29, 0.717) is 6.54 Å². The number of carbonyl (C=O) groups is 1. The molecular weight excluding hydrogens is 320 g/mol. The van der Waals surface area contributed by atoms with Crippen molar-refractivity contribution in [2.75, 3.05) is 5.75 Å². The van der Waals surface area contributed by atoms with Gasteiger partial charge in [0.2, 0.25) is 5.91 Å². The molecule has 1 amide bonds. The molecule has 1 heterocycles. The summed E-state index contributed by atoms with van der Waals surface area (Å²) in [6, 6.07) is 10.0. The molecule has 0 bridgehead atoms. The van der Waals surface area contributed by atoms with Gasteiger partial charge in [-0.3, -0.25) is 4.79 Å². The van der Waals surface area contributed by atoms with Gasteiger partial charge in [0.25, 0.3) is 0 Å². The van der Waals surface area contributed by atoms with Crippen molar-refractivity contribution in [1.29, 1.82) is 5.26 Å². The van der Waals surface area contributed by atoms with E-state index in [0.717, 1.165) is 16.2 Å². The number of carbonyl (C=O) groups excluding carboxylic acids is 1. The Hall–Kier alpha value is -2.26. The fourth-order valence-corrected chi connectivity index (χ4v) is 3.05. The van der Waals surface area contributed by atoms with Crippen LogP contribution in [0.3, 0.4) is 0 Å². The Bertz CT molecular complexity index is 790. The SMILES string of the molecule is C=CCn1c(SCC(=O)NC(C)(C#N)C(C)C)nc2ccccc21. The molecule has 0 spiro atoms. The molecule has 2 aromatic rings. The van der Waals surface area contributed by atoms with E-state index < -0.39 is 5.54 Å². The molecule has 0 saturated heterocycles. The number of para-hydroxylation sites is 2. The van der Waals surface area contributed by atoms with Gasteiger partial charge in [0, 0.05) is 6.54 Å². The monoisotopic (exact) mass is 342 g/mol. The second-order valence-corrected chi connectivity index (χ2v) is 7.03. The molecule has 0 fully saturated rings. The fourth-order valence-electron chi connectivity index (χ4n) is 2.23. The van der Waals surface area contributed by atoms with Crippen LogP contribution in [-0.4, -0.2) is 26.8 Å². The average molecular weight is 342 g/mol. The van der Waals surface area contributed by atoms with Gasteiger partial charge < -0.3 is 9.88 Å². The fraction of sp³-hybridized carbons (Fsp3) is 0.389. The van der Waals surface area contributed by atoms with Crippen molar-refractivity contribution in [3.8, 4) is 6.07 Å². The summed E-state index contributed by atoms with van der Waals surface area (Å²) < 4.78 is 2.03. The first-order valence-electron chi connectivity index (χ1n) is 7.82. The zero-order chi connectivity index (χ0) is 17.7. The van der Waals surface area contributed by atoms with Crippen molar-refractivity contribution < 1.29 is 4.79 Å². The molecule has 24 heavy (non-hydrogen) atoms. The van der Waals surface area contributed by atoms with Gasteiger partial charge in [0.15, 0.2) is 5.16 Å². The highest BCUT2D eigenvalue weighted by atomic mass is 32.2. The Kier molecular flexibility index (Phi) is 5.68. The molecule has 2 rings (SSSR count). The summed E-state index contributed by atoms with van der Waals surface area (Å²) in [6.45, 7) is 9.99. The maximum Gasteiger partial charge on any atom is 0.231 e. The first-order valence-corrected chi connectivity index (χ1v) is 8.81. The molecule has 1 unspecified atom stereocenters. The number of rotatable bonds is 7. The molecule has 1 aromatic heterocycles. The summed E-state index contributed by atoms with van der Waals surface area (Å²) in [7, 11) is 0. The van der Waals surface area contributed by atoms with Gasteiger partial charge >= 0.3 is 0 Å². The lowest BCUT2D eigenvalue weighted by molar-refractivity contribution is -0.120. The average Bonchev–Trinajstić information content (AvgIpc) is 2.91. The molecule has 0 saturated carbocycles. The molecule has 0 aliphatic rings. The highest BCUT2D eigenvalue weighted by molar-refractivity contribution is 7.99. The molecule has 126 valence electrons. The second kappa shape index (κ2) is 7.54. The normalized spacial score (nSPS) is 13.5. The van der Waals surface area contributed by atoms with Gasteiger partial charge in [-0.25, -0.2) is 4.98 Å². The van der Waals surface area contributed by atoms with Gasteiger partial charge in [-0.2, -0.15) is 5.26 Å². The molecule has 1 N–H and O–H groups in total. The Balaban J connectivity index is 2.13. The molecule has 0 radical (unpaired) electrons. The number of aromatic nitrogens is 2. The predicted molar refractivity (Wildman–Crippen MR) is 97.7 cm³/mol. The van der Waals surface area contributed by atoms with E-state index in [1.54, 1.807) is 6.92 Å². The van der Waals surface area contributed by atoms with Crippen LogP contribution in [0.5, 0.6) is 0 Å². The quantitative estimate of drug-likeness (QED) is 0.618. The first-order chi connectivity index (χ1) is 11.4. The molecule has 1 atom stereocenters. The number of hydrogen-bond acceptors (Lipinski definition) is 4. The van der Waals surface area contributed by atoms with Crippen LogP contribution in [0.15, 0.2) is 42.1 Å². The molecular formula is C18H22N4OS. The number of allylic oxidation sites excluding steroid dienone is 1. The van der Waals surface area contributed by atoms with E-state index >= 15 is 0 Å². The van der Waals surface area contributed by atoms with Crippen LogP contribution >= 0.6 is 11.8 Å². The van der Waals surface area contributed by atoms with Crippen LogP contribution in [-0.2, 0) is 11.3 Å². The van der Waals surface area contributed by atoms with E-state index in [1.807, 2.05) is 48.8 Å². The molecule has 0 aliphatic carbocycles. The van der Waals surface area contributed by atoms with Crippen molar-refractivity contribution in [1.82, 2.24) is 14.9 Å². The Morgan fingerprint density at radius 2 is 2.25 bits per heavy atom. The summed E-state index contributed by atoms with van der Waals surface area (Å²) in [6.07, 6.45) is 1.81. The first kappa shape index (κ1) is 18.1. The number of amides is 1. The van der Waals surface area contributed by atoms with Crippen molar-refractivity contribution in [3.63, 3.8) is 0 Å². The number of benzene rings is 1. The number of fused-ring (bicyclic) bond motifs is 1. The minimum absolute atomic E-state index is 0.0294. The zero-order valence-corrected chi connectivity index (χ0v) is 15.1. The Labute approximate surface area is 146 Å². The Morgan fingerprint density at radius 3 is 2.88 bits per heavy atom. The highest BCUT2D eigenvalue weighted by Crippen LogP contribution is 2.24. The third-order valence-electron chi connectivity index (χ3n) is 4.05. The Morgan fingerprint density at radius 1 is 1.54 bits per heavy atom. The van der Waals surface area contributed by atoms with Crippen LogP contribution in [0.25, 0.3) is 11.0 Å². The van der Waals surface area contributed by atoms with E-state index in [9.17, 15) is 10.1 Å². The second-order valence-electron chi connectivity index (χ2n) is 6.09. The van der Waals surface area contributed by atoms with Crippen molar-refractivity contribution in [2.45, 2.75) is 38.0 Å². The van der Waals surface area contributed by atoms with Crippen molar-refractivity contribution >= 4 is 28.7 Å². The van der Waals surface area contributed by atoms with Crippen molar-refractivity contribution in [2.24, 2.45) is 5.92 Å². The number of nitrogens with one attached hydrogen (secondary N) is 1. The van der Waals surface area contributed by atoms with Crippen LogP contribution in [0, 0.1) is 17.2 Å². The standard InChI is InChI=1S/C18H22N4OS/c1-5-10-22-15-9-7-6-8-14(15)20-17(22)24-11-16(23)21-18(4,12-19)13(2)3/h5-9,13H,1,10-11H2,2-4H3,(H,21,23). The van der Waals surface area contributed by atoms with Gasteiger partial charge in [-0.1, -0.05) is 43.8 Å². The zero-order valence-electron chi connectivity index (χ0n) is 14.2. The lowest BCUT2D eigenvalue weighted by atomic mass is 9.90. The molecule has 0 aliphatic heterocycles. The van der Waals surface area contributed by atoms with E-state index in [-0.39, 0.29) is 17.6 Å². The molecule has 6 heteroatoms. The third kappa shape index (κ3) is 3.80. The lowest BCUT2D eigenvalue weighted by Crippen LogP contribution is -2.49. The van der Waals surface area contributed by atoms with Gasteiger partial charge in [-0.15, -0.1) is 6.58 Å². The van der Waals surface area contributed by atoms with E-state index in [4.69, 9.17) is 0 Å². The summed E-state index contributed by atoms with van der Waals surface area (Å²) in [5, 5.41) is 12.9. The largest absolute Gasteiger partial charge is 0.337 e. The van der Waals surface area contributed by atoms with Gasteiger partial charge in [0.1, 0.15) is 5.54 Å². The number of nitriles is 1. The summed E-state index contributed by atoms with van der Waals surface area (Å²) in [4.78, 5) is 16.8.